The highest BCUT2D eigenvalue weighted by Gasteiger charge is 2.09. The van der Waals surface area contributed by atoms with E-state index in [1.165, 1.54) is 6.92 Å². The first-order valence-corrected chi connectivity index (χ1v) is 5.97. The number of esters is 1. The number of nitrogens with zero attached hydrogens (tertiary/aromatic N) is 1. The summed E-state index contributed by atoms with van der Waals surface area (Å²) in [7, 11) is 0. The predicted molar refractivity (Wildman–Crippen MR) is 68.9 cm³/mol. The SMILES string of the molecule is CC(=O)OCC(CC#N)NCc1ccc(Cl)cc1. The molecule has 0 amide bonds. The molecule has 0 aromatic heterocycles. The van der Waals surface area contributed by atoms with Crippen molar-refractivity contribution in [3.63, 3.8) is 0 Å². The van der Waals surface area contributed by atoms with Crippen molar-refractivity contribution in [1.29, 1.82) is 5.26 Å². The summed E-state index contributed by atoms with van der Waals surface area (Å²) in [4.78, 5) is 10.7. The lowest BCUT2D eigenvalue weighted by molar-refractivity contribution is -0.141. The zero-order chi connectivity index (χ0) is 13.4. The zero-order valence-corrected chi connectivity index (χ0v) is 10.9. The highest BCUT2D eigenvalue weighted by atomic mass is 35.5. The Morgan fingerprint density at radius 2 is 2.17 bits per heavy atom. The van der Waals surface area contributed by atoms with Gasteiger partial charge in [0.05, 0.1) is 18.5 Å². The maximum Gasteiger partial charge on any atom is 0.302 e. The molecule has 1 aromatic carbocycles. The average molecular weight is 267 g/mol. The molecule has 5 heteroatoms. The van der Waals surface area contributed by atoms with Gasteiger partial charge in [0.15, 0.2) is 0 Å². The highest BCUT2D eigenvalue weighted by Crippen LogP contribution is 2.09. The van der Waals surface area contributed by atoms with Crippen LogP contribution < -0.4 is 5.32 Å². The molecule has 96 valence electrons. The van der Waals surface area contributed by atoms with Crippen LogP contribution in [0.3, 0.4) is 0 Å². The van der Waals surface area contributed by atoms with Gasteiger partial charge < -0.3 is 10.1 Å². The summed E-state index contributed by atoms with van der Waals surface area (Å²) in [5.74, 6) is -0.341. The van der Waals surface area contributed by atoms with E-state index in [1.807, 2.05) is 24.3 Å². The van der Waals surface area contributed by atoms with E-state index in [9.17, 15) is 4.79 Å². The number of nitrogens with one attached hydrogen (secondary N) is 1. The number of halogens is 1. The maximum absolute atomic E-state index is 10.7. The summed E-state index contributed by atoms with van der Waals surface area (Å²) in [6.45, 7) is 2.16. The lowest BCUT2D eigenvalue weighted by atomic mass is 10.2. The number of benzene rings is 1. The van der Waals surface area contributed by atoms with Crippen molar-refractivity contribution in [3.8, 4) is 6.07 Å². The van der Waals surface area contributed by atoms with Gasteiger partial charge in [0, 0.05) is 18.5 Å². The molecule has 0 bridgehead atoms. The summed E-state index contributed by atoms with van der Waals surface area (Å²) in [5, 5.41) is 12.5. The van der Waals surface area contributed by atoms with Gasteiger partial charge in [-0.3, -0.25) is 4.79 Å². The predicted octanol–water partition coefficient (Wildman–Crippen LogP) is 2.27. The molecular weight excluding hydrogens is 252 g/mol. The quantitative estimate of drug-likeness (QED) is 0.803. The Hall–Kier alpha value is -1.57. The first-order valence-electron chi connectivity index (χ1n) is 5.60. The summed E-state index contributed by atoms with van der Waals surface area (Å²) < 4.78 is 4.89. The molecule has 1 atom stereocenters. The largest absolute Gasteiger partial charge is 0.464 e. The van der Waals surface area contributed by atoms with Crippen LogP contribution in [0.1, 0.15) is 18.9 Å². The van der Waals surface area contributed by atoms with E-state index in [2.05, 4.69) is 11.4 Å². The normalized spacial score (nSPS) is 11.6. The zero-order valence-electron chi connectivity index (χ0n) is 10.1. The van der Waals surface area contributed by atoms with Crippen molar-refractivity contribution in [3.05, 3.63) is 34.9 Å². The Kier molecular flexibility index (Phi) is 6.20. The van der Waals surface area contributed by atoms with Gasteiger partial charge in [0.2, 0.25) is 0 Å². The fourth-order valence-electron chi connectivity index (χ4n) is 1.38. The topological polar surface area (TPSA) is 62.1 Å². The smallest absolute Gasteiger partial charge is 0.302 e. The maximum atomic E-state index is 10.7. The number of rotatable bonds is 6. The van der Waals surface area contributed by atoms with Gasteiger partial charge in [0.25, 0.3) is 0 Å². The molecule has 1 unspecified atom stereocenters. The molecule has 18 heavy (non-hydrogen) atoms. The number of nitriles is 1. The molecular formula is C13H15ClN2O2. The van der Waals surface area contributed by atoms with E-state index >= 15 is 0 Å². The van der Waals surface area contributed by atoms with Gasteiger partial charge in [-0.05, 0) is 17.7 Å². The summed E-state index contributed by atoms with van der Waals surface area (Å²) in [6, 6.07) is 9.34. The van der Waals surface area contributed by atoms with Crippen molar-refractivity contribution in [2.45, 2.75) is 25.9 Å². The monoisotopic (exact) mass is 266 g/mol. The van der Waals surface area contributed by atoms with E-state index in [1.54, 1.807) is 0 Å². The number of ether oxygens (including phenoxy) is 1. The summed E-state index contributed by atoms with van der Waals surface area (Å²) in [6.07, 6.45) is 0.293. The minimum atomic E-state index is -0.341. The summed E-state index contributed by atoms with van der Waals surface area (Å²) >= 11 is 5.79. The molecule has 1 rings (SSSR count). The second-order valence-corrected chi connectivity index (χ2v) is 4.31. The second kappa shape index (κ2) is 7.70. The van der Waals surface area contributed by atoms with E-state index < -0.39 is 0 Å². The van der Waals surface area contributed by atoms with Crippen molar-refractivity contribution < 1.29 is 9.53 Å². The molecule has 0 radical (unpaired) electrons. The van der Waals surface area contributed by atoms with Crippen LogP contribution in [0.2, 0.25) is 5.02 Å². The molecule has 0 saturated heterocycles. The fourth-order valence-corrected chi connectivity index (χ4v) is 1.51. The van der Waals surface area contributed by atoms with Crippen molar-refractivity contribution in [2.24, 2.45) is 0 Å². The van der Waals surface area contributed by atoms with Crippen LogP contribution in [0.25, 0.3) is 0 Å². The molecule has 0 aliphatic carbocycles. The summed E-state index contributed by atoms with van der Waals surface area (Å²) in [5.41, 5.74) is 1.06. The van der Waals surface area contributed by atoms with Crippen LogP contribution in [-0.4, -0.2) is 18.6 Å². The molecule has 0 aliphatic heterocycles. The van der Waals surface area contributed by atoms with E-state index in [0.717, 1.165) is 5.56 Å². The number of hydrogen-bond donors (Lipinski definition) is 1. The van der Waals surface area contributed by atoms with Gasteiger partial charge in [-0.2, -0.15) is 5.26 Å². The third kappa shape index (κ3) is 5.67. The van der Waals surface area contributed by atoms with Crippen LogP contribution in [0.15, 0.2) is 24.3 Å². The van der Waals surface area contributed by atoms with Crippen LogP contribution in [0, 0.1) is 11.3 Å². The number of hydrogen-bond acceptors (Lipinski definition) is 4. The Morgan fingerprint density at radius 3 is 2.72 bits per heavy atom. The number of carbonyl (C=O) groups is 1. The van der Waals surface area contributed by atoms with Gasteiger partial charge in [-0.15, -0.1) is 0 Å². The lowest BCUT2D eigenvalue weighted by Gasteiger charge is -2.15. The van der Waals surface area contributed by atoms with Crippen molar-refractivity contribution >= 4 is 17.6 Å². The minimum absolute atomic E-state index is 0.158. The van der Waals surface area contributed by atoms with Crippen molar-refractivity contribution in [1.82, 2.24) is 5.32 Å². The molecule has 4 nitrogen and oxygen atoms in total. The van der Waals surface area contributed by atoms with Crippen molar-refractivity contribution in [2.75, 3.05) is 6.61 Å². The van der Waals surface area contributed by atoms with Gasteiger partial charge >= 0.3 is 5.97 Å². The Morgan fingerprint density at radius 1 is 1.50 bits per heavy atom. The second-order valence-electron chi connectivity index (χ2n) is 3.87. The third-order valence-electron chi connectivity index (χ3n) is 2.33. The van der Waals surface area contributed by atoms with Crippen LogP contribution in [-0.2, 0) is 16.1 Å². The lowest BCUT2D eigenvalue weighted by Crippen LogP contribution is -2.33. The third-order valence-corrected chi connectivity index (χ3v) is 2.59. The number of carbonyl (C=O) groups excluding carboxylic acids is 1. The van der Waals surface area contributed by atoms with Crippen LogP contribution in [0.4, 0.5) is 0 Å². The highest BCUT2D eigenvalue weighted by molar-refractivity contribution is 6.30. The molecule has 0 heterocycles. The minimum Gasteiger partial charge on any atom is -0.464 e. The molecule has 0 saturated carbocycles. The van der Waals surface area contributed by atoms with Crippen LogP contribution in [0.5, 0.6) is 0 Å². The fraction of sp³-hybridized carbons (Fsp3) is 0.385. The van der Waals surface area contributed by atoms with Gasteiger partial charge in [-0.1, -0.05) is 23.7 Å². The molecule has 0 fully saturated rings. The van der Waals surface area contributed by atoms with Gasteiger partial charge in [0.1, 0.15) is 6.61 Å². The van der Waals surface area contributed by atoms with Gasteiger partial charge in [-0.25, -0.2) is 0 Å². The standard InChI is InChI=1S/C13H15ClN2O2/c1-10(17)18-9-13(6-7-15)16-8-11-2-4-12(14)5-3-11/h2-5,13,16H,6,8-9H2,1H3. The molecule has 0 aliphatic rings. The molecule has 1 N–H and O–H groups in total. The molecule has 0 spiro atoms. The Balaban J connectivity index is 2.43. The van der Waals surface area contributed by atoms with E-state index in [0.29, 0.717) is 18.0 Å². The molecule has 1 aromatic rings. The van der Waals surface area contributed by atoms with E-state index in [4.69, 9.17) is 21.6 Å². The first kappa shape index (κ1) is 14.5. The van der Waals surface area contributed by atoms with Crippen LogP contribution >= 0.6 is 11.6 Å². The first-order chi connectivity index (χ1) is 8.61. The average Bonchev–Trinajstić information content (AvgIpc) is 2.34. The van der Waals surface area contributed by atoms with E-state index in [-0.39, 0.29) is 18.6 Å². The Labute approximate surface area is 112 Å². The Bertz CT molecular complexity index is 426.